The number of Topliss-reactive ketones (excluding diaryl/α,β-unsaturated/α-hetero) is 1. The summed E-state index contributed by atoms with van der Waals surface area (Å²) in [6.45, 7) is 3.87. The van der Waals surface area contributed by atoms with E-state index in [1.165, 1.54) is 0 Å². The molecule has 4 nitrogen and oxygen atoms in total. The van der Waals surface area contributed by atoms with Crippen LogP contribution in [0, 0.1) is 13.8 Å². The molecular weight excluding hydrogens is 242 g/mol. The van der Waals surface area contributed by atoms with E-state index in [-0.39, 0.29) is 18.3 Å². The number of nitrogens with two attached hydrogens (primary N) is 1. The van der Waals surface area contributed by atoms with Gasteiger partial charge in [0.15, 0.2) is 17.6 Å². The van der Waals surface area contributed by atoms with Crippen LogP contribution in [0.15, 0.2) is 28.9 Å². The second-order valence-corrected chi connectivity index (χ2v) is 4.86. The topological polar surface area (TPSA) is 65.5 Å². The Bertz CT molecular complexity index is 644. The third-order valence-electron chi connectivity index (χ3n) is 3.64. The number of hydrogen-bond acceptors (Lipinski definition) is 4. The SMILES string of the molecule is Cc1cc2c(c(N)c1C)OC(c1ccco1)CC2=O. The molecule has 0 saturated heterocycles. The van der Waals surface area contributed by atoms with Gasteiger partial charge < -0.3 is 14.9 Å². The van der Waals surface area contributed by atoms with E-state index in [4.69, 9.17) is 14.9 Å². The minimum absolute atomic E-state index is 0.0393. The maximum atomic E-state index is 12.2. The van der Waals surface area contributed by atoms with Gasteiger partial charge in [-0.2, -0.15) is 0 Å². The Morgan fingerprint density at radius 3 is 2.84 bits per heavy atom. The first-order chi connectivity index (χ1) is 9.08. The Labute approximate surface area is 111 Å². The first-order valence-corrected chi connectivity index (χ1v) is 6.21. The average Bonchev–Trinajstić information content (AvgIpc) is 2.91. The molecule has 2 heterocycles. The summed E-state index contributed by atoms with van der Waals surface area (Å²) in [5.41, 5.74) is 9.14. The number of furan rings is 1. The van der Waals surface area contributed by atoms with Crippen molar-refractivity contribution >= 4 is 11.5 Å². The van der Waals surface area contributed by atoms with Crippen molar-refractivity contribution in [3.8, 4) is 5.75 Å². The lowest BCUT2D eigenvalue weighted by molar-refractivity contribution is 0.0819. The molecule has 0 spiro atoms. The van der Waals surface area contributed by atoms with E-state index < -0.39 is 0 Å². The third kappa shape index (κ3) is 1.80. The molecule has 0 bridgehead atoms. The zero-order valence-corrected chi connectivity index (χ0v) is 10.9. The van der Waals surface area contributed by atoms with Crippen LogP contribution in [0.25, 0.3) is 0 Å². The van der Waals surface area contributed by atoms with Gasteiger partial charge in [0.2, 0.25) is 0 Å². The van der Waals surface area contributed by atoms with Crippen LogP contribution in [0.3, 0.4) is 0 Å². The summed E-state index contributed by atoms with van der Waals surface area (Å²) in [6.07, 6.45) is 1.46. The molecular formula is C15H15NO3. The summed E-state index contributed by atoms with van der Waals surface area (Å²) in [7, 11) is 0. The number of anilines is 1. The molecule has 98 valence electrons. The highest BCUT2D eigenvalue weighted by atomic mass is 16.5. The maximum absolute atomic E-state index is 12.2. The standard InChI is InChI=1S/C15H15NO3/c1-8-6-10-11(17)7-13(12-4-3-5-18-12)19-15(10)14(16)9(8)2/h3-6,13H,7,16H2,1-2H3. The molecule has 0 amide bonds. The van der Waals surface area contributed by atoms with Gasteiger partial charge in [-0.15, -0.1) is 0 Å². The number of aryl methyl sites for hydroxylation is 1. The van der Waals surface area contributed by atoms with Crippen LogP contribution in [0.2, 0.25) is 0 Å². The predicted octanol–water partition coefficient (Wildman–Crippen LogP) is 3.19. The summed E-state index contributed by atoms with van der Waals surface area (Å²) in [6, 6.07) is 5.43. The number of hydrogen-bond donors (Lipinski definition) is 1. The molecule has 0 radical (unpaired) electrons. The van der Waals surface area contributed by atoms with Gasteiger partial charge in [0.1, 0.15) is 5.76 Å². The van der Waals surface area contributed by atoms with Gasteiger partial charge in [0.05, 0.1) is 23.9 Å². The lowest BCUT2D eigenvalue weighted by Gasteiger charge is -2.26. The zero-order chi connectivity index (χ0) is 13.6. The molecule has 0 saturated carbocycles. The number of benzene rings is 1. The van der Waals surface area contributed by atoms with E-state index in [1.807, 2.05) is 19.9 Å². The molecule has 1 aromatic heterocycles. The number of nitrogen functional groups attached to an aromatic ring is 1. The van der Waals surface area contributed by atoms with Crippen LogP contribution in [-0.4, -0.2) is 5.78 Å². The van der Waals surface area contributed by atoms with Crippen LogP contribution in [0.5, 0.6) is 5.75 Å². The number of carbonyl (C=O) groups excluding carboxylic acids is 1. The highest BCUT2D eigenvalue weighted by molar-refractivity contribution is 6.02. The maximum Gasteiger partial charge on any atom is 0.170 e. The van der Waals surface area contributed by atoms with Crippen molar-refractivity contribution < 1.29 is 13.9 Å². The molecule has 0 aliphatic carbocycles. The molecule has 1 aliphatic heterocycles. The van der Waals surface area contributed by atoms with Gasteiger partial charge in [-0.05, 0) is 43.2 Å². The van der Waals surface area contributed by atoms with Crippen molar-refractivity contribution in [1.82, 2.24) is 0 Å². The van der Waals surface area contributed by atoms with Crippen molar-refractivity contribution in [1.29, 1.82) is 0 Å². The minimum Gasteiger partial charge on any atom is -0.479 e. The van der Waals surface area contributed by atoms with E-state index in [9.17, 15) is 4.79 Å². The van der Waals surface area contributed by atoms with Gasteiger partial charge >= 0.3 is 0 Å². The monoisotopic (exact) mass is 257 g/mol. The van der Waals surface area contributed by atoms with Crippen molar-refractivity contribution in [3.63, 3.8) is 0 Å². The van der Waals surface area contributed by atoms with Gasteiger partial charge in [0.25, 0.3) is 0 Å². The fourth-order valence-electron chi connectivity index (χ4n) is 2.35. The Kier molecular flexibility index (Phi) is 2.59. The largest absolute Gasteiger partial charge is 0.479 e. The summed E-state index contributed by atoms with van der Waals surface area (Å²) in [4.78, 5) is 12.2. The fourth-order valence-corrected chi connectivity index (χ4v) is 2.35. The number of fused-ring (bicyclic) bond motifs is 1. The van der Waals surface area contributed by atoms with E-state index >= 15 is 0 Å². The van der Waals surface area contributed by atoms with Crippen molar-refractivity contribution in [2.75, 3.05) is 5.73 Å². The number of ether oxygens (including phenoxy) is 1. The summed E-state index contributed by atoms with van der Waals surface area (Å²) < 4.78 is 11.2. The highest BCUT2D eigenvalue weighted by Gasteiger charge is 2.31. The molecule has 1 aromatic carbocycles. The normalized spacial score (nSPS) is 18.0. The molecule has 3 rings (SSSR count). The summed E-state index contributed by atoms with van der Waals surface area (Å²) in [5.74, 6) is 1.18. The third-order valence-corrected chi connectivity index (χ3v) is 3.64. The molecule has 1 atom stereocenters. The summed E-state index contributed by atoms with van der Waals surface area (Å²) >= 11 is 0. The first kappa shape index (κ1) is 11.8. The molecule has 0 fully saturated rings. The van der Waals surface area contributed by atoms with E-state index in [0.717, 1.165) is 11.1 Å². The molecule has 2 aromatic rings. The smallest absolute Gasteiger partial charge is 0.170 e. The number of carbonyl (C=O) groups is 1. The van der Waals surface area contributed by atoms with Crippen molar-refractivity contribution in [3.05, 3.63) is 46.9 Å². The average molecular weight is 257 g/mol. The zero-order valence-electron chi connectivity index (χ0n) is 10.9. The van der Waals surface area contributed by atoms with Crippen molar-refractivity contribution in [2.24, 2.45) is 0 Å². The molecule has 19 heavy (non-hydrogen) atoms. The molecule has 1 unspecified atom stereocenters. The Morgan fingerprint density at radius 1 is 1.37 bits per heavy atom. The van der Waals surface area contributed by atoms with Crippen LogP contribution in [0.4, 0.5) is 5.69 Å². The van der Waals surface area contributed by atoms with Gasteiger partial charge in [-0.1, -0.05) is 0 Å². The number of rotatable bonds is 1. The molecule has 2 N–H and O–H groups in total. The van der Waals surface area contributed by atoms with Crippen LogP contribution < -0.4 is 10.5 Å². The lowest BCUT2D eigenvalue weighted by Crippen LogP contribution is -2.21. The Hall–Kier alpha value is -2.23. The van der Waals surface area contributed by atoms with Crippen LogP contribution in [-0.2, 0) is 0 Å². The first-order valence-electron chi connectivity index (χ1n) is 6.21. The molecule has 4 heteroatoms. The summed E-state index contributed by atoms with van der Waals surface area (Å²) in [5, 5.41) is 0. The lowest BCUT2D eigenvalue weighted by atomic mass is 9.94. The van der Waals surface area contributed by atoms with Crippen LogP contribution >= 0.6 is 0 Å². The predicted molar refractivity (Wildman–Crippen MR) is 71.4 cm³/mol. The Morgan fingerprint density at radius 2 is 2.16 bits per heavy atom. The van der Waals surface area contributed by atoms with E-state index in [2.05, 4.69) is 0 Å². The fraction of sp³-hybridized carbons (Fsp3) is 0.267. The minimum atomic E-state index is -0.389. The van der Waals surface area contributed by atoms with Gasteiger partial charge in [0, 0.05) is 0 Å². The second kappa shape index (κ2) is 4.16. The second-order valence-electron chi connectivity index (χ2n) is 4.86. The van der Waals surface area contributed by atoms with E-state index in [1.54, 1.807) is 18.4 Å². The molecule has 1 aliphatic rings. The number of ketones is 1. The van der Waals surface area contributed by atoms with Crippen LogP contribution in [0.1, 0.15) is 39.8 Å². The highest BCUT2D eigenvalue weighted by Crippen LogP contribution is 2.41. The Balaban J connectivity index is 2.09. The van der Waals surface area contributed by atoms with Gasteiger partial charge in [-0.3, -0.25) is 4.79 Å². The van der Waals surface area contributed by atoms with E-state index in [0.29, 0.717) is 22.8 Å². The van der Waals surface area contributed by atoms with Crippen molar-refractivity contribution in [2.45, 2.75) is 26.4 Å². The van der Waals surface area contributed by atoms with Gasteiger partial charge in [-0.25, -0.2) is 0 Å². The quantitative estimate of drug-likeness (QED) is 0.797.